The Morgan fingerprint density at radius 3 is 2.49 bits per heavy atom. The monoisotopic (exact) mass is 528 g/mol. The van der Waals surface area contributed by atoms with Crippen LogP contribution in [0.25, 0.3) is 0 Å². The van der Waals surface area contributed by atoms with Gasteiger partial charge in [-0.15, -0.1) is 0 Å². The minimum atomic E-state index is -3.67. The molecule has 0 bridgehead atoms. The van der Waals surface area contributed by atoms with Gasteiger partial charge in [-0.2, -0.15) is 4.98 Å². The number of anilines is 1. The largest absolute Gasteiger partial charge is 0.466 e. The molecule has 1 aromatic carbocycles. The molecule has 200 valence electrons. The third kappa shape index (κ3) is 5.00. The number of sulfone groups is 1. The van der Waals surface area contributed by atoms with E-state index in [9.17, 15) is 13.2 Å². The minimum absolute atomic E-state index is 0.228. The Kier molecular flexibility index (Phi) is 6.37. The fourth-order valence-corrected chi connectivity index (χ4v) is 6.29. The molecule has 2 aliphatic heterocycles. The van der Waals surface area contributed by atoms with Gasteiger partial charge >= 0.3 is 6.09 Å². The van der Waals surface area contributed by atoms with Crippen molar-refractivity contribution in [2.75, 3.05) is 37.3 Å². The van der Waals surface area contributed by atoms with Crippen molar-refractivity contribution in [3.8, 4) is 5.88 Å². The van der Waals surface area contributed by atoms with E-state index in [1.54, 1.807) is 4.90 Å². The Balaban J connectivity index is 1.47. The van der Waals surface area contributed by atoms with Crippen molar-refractivity contribution in [2.24, 2.45) is 0 Å². The summed E-state index contributed by atoms with van der Waals surface area (Å²) in [7, 11) is -3.67. The van der Waals surface area contributed by atoms with Crippen LogP contribution in [0, 0.1) is 6.92 Å². The number of carbonyl (C=O) groups is 1. The van der Waals surface area contributed by atoms with Crippen LogP contribution in [0.5, 0.6) is 5.88 Å². The van der Waals surface area contributed by atoms with E-state index >= 15 is 0 Å². The van der Waals surface area contributed by atoms with Crippen LogP contribution in [0.3, 0.4) is 0 Å². The van der Waals surface area contributed by atoms with Gasteiger partial charge in [0.05, 0.1) is 5.56 Å². The second-order valence-corrected chi connectivity index (χ2v) is 13.3. The number of ether oxygens (including phenoxy) is 2. The number of rotatable bonds is 2. The second kappa shape index (κ2) is 9.15. The van der Waals surface area contributed by atoms with Gasteiger partial charge in [0.1, 0.15) is 17.0 Å². The van der Waals surface area contributed by atoms with Crippen LogP contribution in [0.15, 0.2) is 23.4 Å². The molecule has 1 spiro atoms. The van der Waals surface area contributed by atoms with Crippen molar-refractivity contribution in [3.63, 3.8) is 0 Å². The predicted octanol–water partition coefficient (Wildman–Crippen LogP) is 3.80. The lowest BCUT2D eigenvalue weighted by Crippen LogP contribution is -2.51. The quantitative estimate of drug-likeness (QED) is 0.543. The van der Waals surface area contributed by atoms with Gasteiger partial charge in [-0.25, -0.2) is 18.2 Å². The highest BCUT2D eigenvalue weighted by Gasteiger charge is 2.44. The molecule has 1 atom stereocenters. The summed E-state index contributed by atoms with van der Waals surface area (Å²) in [6.07, 6.45) is 5.14. The average Bonchev–Trinajstić information content (AvgIpc) is 2.82. The molecule has 37 heavy (non-hydrogen) atoms. The van der Waals surface area contributed by atoms with Crippen LogP contribution in [0.4, 0.5) is 10.6 Å². The first-order valence-electron chi connectivity index (χ1n) is 13.0. The molecule has 1 aromatic heterocycles. The Labute approximate surface area is 219 Å². The first kappa shape index (κ1) is 25.8. The van der Waals surface area contributed by atoms with Crippen molar-refractivity contribution >= 4 is 21.7 Å². The molecule has 10 heteroatoms. The molecule has 5 rings (SSSR count). The molecular formula is C27H36N4O5S. The molecule has 0 N–H and O–H groups in total. The molecular weight excluding hydrogens is 492 g/mol. The maximum Gasteiger partial charge on any atom is 0.410 e. The van der Waals surface area contributed by atoms with Gasteiger partial charge in [0.25, 0.3) is 5.16 Å². The van der Waals surface area contributed by atoms with E-state index < -0.39 is 21.0 Å². The lowest BCUT2D eigenvalue weighted by atomic mass is 9.73. The molecule has 3 aliphatic rings. The van der Waals surface area contributed by atoms with E-state index in [4.69, 9.17) is 9.47 Å². The summed E-state index contributed by atoms with van der Waals surface area (Å²) >= 11 is 0. The zero-order valence-electron chi connectivity index (χ0n) is 22.3. The lowest BCUT2D eigenvalue weighted by molar-refractivity contribution is 0.0181. The zero-order chi connectivity index (χ0) is 26.6. The van der Waals surface area contributed by atoms with Gasteiger partial charge in [0.2, 0.25) is 15.7 Å². The van der Waals surface area contributed by atoms with E-state index in [2.05, 4.69) is 35.1 Å². The number of aryl methyl sites for hydroxylation is 2. The lowest BCUT2D eigenvalue weighted by Gasteiger charge is -2.44. The van der Waals surface area contributed by atoms with Crippen molar-refractivity contribution in [1.29, 1.82) is 0 Å². The maximum absolute atomic E-state index is 12.6. The molecule has 1 saturated heterocycles. The fraction of sp³-hybridized carbons (Fsp3) is 0.593. The molecule has 2 aromatic rings. The summed E-state index contributed by atoms with van der Waals surface area (Å²) in [5.41, 5.74) is 3.47. The number of hydrogen-bond donors (Lipinski definition) is 0. The molecule has 0 radical (unpaired) electrons. The van der Waals surface area contributed by atoms with Gasteiger partial charge in [-0.05, 0) is 70.9 Å². The molecule has 1 amide bonds. The van der Waals surface area contributed by atoms with E-state index in [1.165, 1.54) is 16.7 Å². The van der Waals surface area contributed by atoms with Crippen molar-refractivity contribution < 1.29 is 22.7 Å². The summed E-state index contributed by atoms with van der Waals surface area (Å²) in [4.78, 5) is 25.2. The van der Waals surface area contributed by atoms with Crippen molar-refractivity contribution in [2.45, 2.75) is 76.2 Å². The van der Waals surface area contributed by atoms with Gasteiger partial charge in [-0.1, -0.05) is 18.2 Å². The van der Waals surface area contributed by atoms with Crippen LogP contribution < -0.4 is 9.64 Å². The molecule has 3 heterocycles. The van der Waals surface area contributed by atoms with E-state index in [0.29, 0.717) is 44.3 Å². The van der Waals surface area contributed by atoms with Gasteiger partial charge in [0, 0.05) is 38.0 Å². The number of fused-ring (bicyclic) bond motifs is 3. The third-order valence-corrected chi connectivity index (χ3v) is 8.25. The molecule has 1 aliphatic carbocycles. The van der Waals surface area contributed by atoms with Gasteiger partial charge in [-0.3, -0.25) is 0 Å². The van der Waals surface area contributed by atoms with E-state index in [1.807, 2.05) is 25.7 Å². The van der Waals surface area contributed by atoms with E-state index in [0.717, 1.165) is 37.5 Å². The summed E-state index contributed by atoms with van der Waals surface area (Å²) in [6, 6.07) is 6.37. The summed E-state index contributed by atoms with van der Waals surface area (Å²) in [5.74, 6) is 0.951. The van der Waals surface area contributed by atoms with Crippen LogP contribution >= 0.6 is 0 Å². The summed E-state index contributed by atoms with van der Waals surface area (Å²) in [6.45, 7) is 9.60. The van der Waals surface area contributed by atoms with Gasteiger partial charge < -0.3 is 19.3 Å². The van der Waals surface area contributed by atoms with Crippen molar-refractivity contribution in [3.05, 3.63) is 40.5 Å². The zero-order valence-corrected chi connectivity index (χ0v) is 23.2. The van der Waals surface area contributed by atoms with Gasteiger partial charge in [0.15, 0.2) is 0 Å². The summed E-state index contributed by atoms with van der Waals surface area (Å²) < 4.78 is 37.4. The Hall–Kier alpha value is -2.88. The average molecular weight is 529 g/mol. The molecule has 1 fully saturated rings. The highest BCUT2D eigenvalue weighted by atomic mass is 32.2. The fourth-order valence-electron chi connectivity index (χ4n) is 5.78. The Morgan fingerprint density at radius 1 is 1.08 bits per heavy atom. The molecule has 9 nitrogen and oxygen atoms in total. The number of carbonyl (C=O) groups excluding carboxylic acids is 1. The molecule has 1 unspecified atom stereocenters. The van der Waals surface area contributed by atoms with E-state index in [-0.39, 0.29) is 11.2 Å². The predicted molar refractivity (Wildman–Crippen MR) is 140 cm³/mol. The topological polar surface area (TPSA) is 102 Å². The summed E-state index contributed by atoms with van der Waals surface area (Å²) in [5, 5.41) is -0.228. The number of benzene rings is 1. The Bertz CT molecular complexity index is 1330. The standard InChI is InChI=1S/C27H36N4O5S/c1-18-8-6-9-19-10-7-12-27(21(18)19)13-11-20-22(28-24(37(5,33)34)29-23(20)35-27)30-14-16-31(17-15-30)25(32)36-26(2,3)4/h6,8-9H,7,10-17H2,1-5H3. The van der Waals surface area contributed by atoms with Crippen LogP contribution in [0.1, 0.15) is 62.3 Å². The van der Waals surface area contributed by atoms with Crippen LogP contribution in [-0.4, -0.2) is 67.4 Å². The Morgan fingerprint density at radius 2 is 1.81 bits per heavy atom. The number of amides is 1. The number of nitrogens with zero attached hydrogens (tertiary/aromatic N) is 4. The first-order chi connectivity index (χ1) is 17.4. The number of aromatic nitrogens is 2. The third-order valence-electron chi connectivity index (χ3n) is 7.40. The number of piperazine rings is 1. The van der Waals surface area contributed by atoms with Crippen LogP contribution in [0.2, 0.25) is 0 Å². The normalized spacial score (nSPS) is 21.8. The smallest absolute Gasteiger partial charge is 0.410 e. The first-order valence-corrected chi connectivity index (χ1v) is 14.9. The maximum atomic E-state index is 12.6. The van der Waals surface area contributed by atoms with Crippen molar-refractivity contribution in [1.82, 2.24) is 14.9 Å². The number of hydrogen-bond acceptors (Lipinski definition) is 8. The minimum Gasteiger partial charge on any atom is -0.466 e. The highest BCUT2D eigenvalue weighted by molar-refractivity contribution is 7.90. The molecule has 0 saturated carbocycles. The second-order valence-electron chi connectivity index (χ2n) is 11.4. The highest BCUT2D eigenvalue weighted by Crippen LogP contribution is 2.48. The van der Waals surface area contributed by atoms with Crippen LogP contribution in [-0.2, 0) is 33.0 Å². The SMILES string of the molecule is Cc1cccc2c1C1(CCC2)CCc2c(nc(S(C)(=O)=O)nc2N2CCN(C(=O)OC(C)(C)C)CC2)O1.